The SMILES string of the molecule is CCc1ccc(-c2nc(C(=O)NCC(=O)N(C)C)cs2)cc1. The van der Waals surface area contributed by atoms with Gasteiger partial charge in [-0.1, -0.05) is 31.2 Å². The van der Waals surface area contributed by atoms with Crippen molar-refractivity contribution in [3.05, 3.63) is 40.9 Å². The molecular formula is C16H19N3O2S. The fourth-order valence-electron chi connectivity index (χ4n) is 1.80. The van der Waals surface area contributed by atoms with Crippen molar-refractivity contribution in [2.45, 2.75) is 13.3 Å². The molecule has 0 saturated heterocycles. The molecule has 0 atom stereocenters. The van der Waals surface area contributed by atoms with Gasteiger partial charge in [-0.15, -0.1) is 11.3 Å². The van der Waals surface area contributed by atoms with Crippen LogP contribution in [0.15, 0.2) is 29.6 Å². The maximum atomic E-state index is 12.0. The van der Waals surface area contributed by atoms with E-state index in [0.29, 0.717) is 5.69 Å². The number of carbonyl (C=O) groups excluding carboxylic acids is 2. The number of nitrogens with zero attached hydrogens (tertiary/aromatic N) is 2. The van der Waals surface area contributed by atoms with E-state index in [9.17, 15) is 9.59 Å². The second kappa shape index (κ2) is 7.17. The van der Waals surface area contributed by atoms with E-state index in [1.165, 1.54) is 21.8 Å². The molecule has 0 unspecified atom stereocenters. The molecule has 2 rings (SSSR count). The van der Waals surface area contributed by atoms with E-state index in [2.05, 4.69) is 29.4 Å². The molecular weight excluding hydrogens is 298 g/mol. The van der Waals surface area contributed by atoms with Crippen LogP contribution in [0.1, 0.15) is 23.0 Å². The number of carbonyl (C=O) groups is 2. The molecule has 116 valence electrons. The van der Waals surface area contributed by atoms with E-state index >= 15 is 0 Å². The first kappa shape index (κ1) is 16.2. The van der Waals surface area contributed by atoms with Crippen molar-refractivity contribution in [3.63, 3.8) is 0 Å². The average molecular weight is 317 g/mol. The molecule has 0 radical (unpaired) electrons. The third kappa shape index (κ3) is 3.92. The maximum absolute atomic E-state index is 12.0. The number of aromatic nitrogens is 1. The van der Waals surface area contributed by atoms with Crippen molar-refractivity contribution < 1.29 is 9.59 Å². The number of thiazole rings is 1. The van der Waals surface area contributed by atoms with Crippen LogP contribution >= 0.6 is 11.3 Å². The summed E-state index contributed by atoms with van der Waals surface area (Å²) in [6.07, 6.45) is 0.992. The quantitative estimate of drug-likeness (QED) is 0.919. The number of nitrogens with one attached hydrogen (secondary N) is 1. The highest BCUT2D eigenvalue weighted by molar-refractivity contribution is 7.13. The number of amides is 2. The second-order valence-electron chi connectivity index (χ2n) is 5.06. The van der Waals surface area contributed by atoms with Crippen LogP contribution in [0.4, 0.5) is 0 Å². The van der Waals surface area contributed by atoms with Crippen LogP contribution < -0.4 is 5.32 Å². The standard InChI is InChI=1S/C16H19N3O2S/c1-4-11-5-7-12(8-6-11)16-18-13(10-22-16)15(21)17-9-14(20)19(2)3/h5-8,10H,4,9H2,1-3H3,(H,17,21). The normalized spacial score (nSPS) is 10.3. The Bertz CT molecular complexity index is 662. The topological polar surface area (TPSA) is 62.3 Å². The van der Waals surface area contributed by atoms with Gasteiger partial charge < -0.3 is 10.2 Å². The van der Waals surface area contributed by atoms with Crippen molar-refractivity contribution in [2.75, 3.05) is 20.6 Å². The number of hydrogen-bond acceptors (Lipinski definition) is 4. The van der Waals surface area contributed by atoms with Crippen LogP contribution in [0.25, 0.3) is 10.6 Å². The van der Waals surface area contributed by atoms with Crippen molar-refractivity contribution in [3.8, 4) is 10.6 Å². The van der Waals surface area contributed by atoms with Gasteiger partial charge in [0.05, 0.1) is 6.54 Å². The van der Waals surface area contributed by atoms with E-state index in [4.69, 9.17) is 0 Å². The van der Waals surface area contributed by atoms with Gasteiger partial charge in [-0.25, -0.2) is 4.98 Å². The van der Waals surface area contributed by atoms with Crippen molar-refractivity contribution in [1.82, 2.24) is 15.2 Å². The van der Waals surface area contributed by atoms with Crippen LogP contribution in [-0.4, -0.2) is 42.3 Å². The Labute approximate surface area is 134 Å². The summed E-state index contributed by atoms with van der Waals surface area (Å²) in [5, 5.41) is 5.08. The Hall–Kier alpha value is -2.21. The summed E-state index contributed by atoms with van der Waals surface area (Å²) >= 11 is 1.42. The summed E-state index contributed by atoms with van der Waals surface area (Å²) in [6, 6.07) is 8.14. The minimum absolute atomic E-state index is 0.0239. The van der Waals surface area contributed by atoms with Gasteiger partial charge >= 0.3 is 0 Å². The van der Waals surface area contributed by atoms with Crippen molar-refractivity contribution in [2.24, 2.45) is 0 Å². The summed E-state index contributed by atoms with van der Waals surface area (Å²) in [5.74, 6) is -0.484. The highest BCUT2D eigenvalue weighted by atomic mass is 32.1. The fourth-order valence-corrected chi connectivity index (χ4v) is 2.60. The molecule has 5 nitrogen and oxygen atoms in total. The largest absolute Gasteiger partial charge is 0.347 e. The van der Waals surface area contributed by atoms with Crippen LogP contribution in [0.5, 0.6) is 0 Å². The highest BCUT2D eigenvalue weighted by Crippen LogP contribution is 2.24. The Morgan fingerprint density at radius 1 is 1.23 bits per heavy atom. The van der Waals surface area contributed by atoms with Crippen molar-refractivity contribution in [1.29, 1.82) is 0 Å². The lowest BCUT2D eigenvalue weighted by molar-refractivity contribution is -0.127. The van der Waals surface area contributed by atoms with E-state index in [0.717, 1.165) is 17.0 Å². The van der Waals surface area contributed by atoms with Crippen LogP contribution in [0, 0.1) is 0 Å². The molecule has 22 heavy (non-hydrogen) atoms. The fraction of sp³-hybridized carbons (Fsp3) is 0.312. The van der Waals surface area contributed by atoms with E-state index in [1.54, 1.807) is 19.5 Å². The first-order chi connectivity index (χ1) is 10.5. The molecule has 0 spiro atoms. The van der Waals surface area contributed by atoms with Gasteiger partial charge in [0.25, 0.3) is 5.91 Å². The second-order valence-corrected chi connectivity index (χ2v) is 5.92. The lowest BCUT2D eigenvalue weighted by Gasteiger charge is -2.10. The van der Waals surface area contributed by atoms with Crippen molar-refractivity contribution >= 4 is 23.2 Å². The van der Waals surface area contributed by atoms with Crippen LogP contribution in [0.3, 0.4) is 0 Å². The van der Waals surface area contributed by atoms with Crippen LogP contribution in [-0.2, 0) is 11.2 Å². The van der Waals surface area contributed by atoms with Gasteiger partial charge in [-0.2, -0.15) is 0 Å². The molecule has 1 N–H and O–H groups in total. The third-order valence-electron chi connectivity index (χ3n) is 3.24. The summed E-state index contributed by atoms with van der Waals surface area (Å²) < 4.78 is 0. The molecule has 2 aromatic rings. The highest BCUT2D eigenvalue weighted by Gasteiger charge is 2.13. The predicted octanol–water partition coefficient (Wildman–Crippen LogP) is 2.19. The Morgan fingerprint density at radius 3 is 2.50 bits per heavy atom. The summed E-state index contributed by atoms with van der Waals surface area (Å²) in [6.45, 7) is 2.08. The number of rotatable bonds is 5. The van der Waals surface area contributed by atoms with Crippen LogP contribution in [0.2, 0.25) is 0 Å². The summed E-state index contributed by atoms with van der Waals surface area (Å²) in [7, 11) is 3.30. The summed E-state index contributed by atoms with van der Waals surface area (Å²) in [4.78, 5) is 29.2. The smallest absolute Gasteiger partial charge is 0.271 e. The van der Waals surface area contributed by atoms with Gasteiger partial charge in [-0.05, 0) is 12.0 Å². The average Bonchev–Trinajstić information content (AvgIpc) is 3.02. The Balaban J connectivity index is 2.03. The van der Waals surface area contributed by atoms with Gasteiger partial charge in [0.2, 0.25) is 5.91 Å². The molecule has 0 aliphatic heterocycles. The first-order valence-electron chi connectivity index (χ1n) is 7.04. The predicted molar refractivity (Wildman–Crippen MR) is 88.0 cm³/mol. The monoisotopic (exact) mass is 317 g/mol. The minimum Gasteiger partial charge on any atom is -0.347 e. The molecule has 0 fully saturated rings. The van der Waals surface area contributed by atoms with Gasteiger partial charge in [0, 0.05) is 25.0 Å². The molecule has 0 saturated carbocycles. The molecule has 0 aliphatic carbocycles. The molecule has 1 heterocycles. The third-order valence-corrected chi connectivity index (χ3v) is 4.14. The summed E-state index contributed by atoms with van der Waals surface area (Å²) in [5.41, 5.74) is 2.59. The molecule has 2 amide bonds. The first-order valence-corrected chi connectivity index (χ1v) is 7.92. The number of aryl methyl sites for hydroxylation is 1. The van der Waals surface area contributed by atoms with Gasteiger partial charge in [0.15, 0.2) is 0 Å². The van der Waals surface area contributed by atoms with E-state index in [-0.39, 0.29) is 18.4 Å². The van der Waals surface area contributed by atoms with Gasteiger partial charge in [0.1, 0.15) is 10.7 Å². The van der Waals surface area contributed by atoms with E-state index < -0.39 is 0 Å². The zero-order chi connectivity index (χ0) is 16.1. The molecule has 1 aromatic carbocycles. The number of benzene rings is 1. The van der Waals surface area contributed by atoms with Gasteiger partial charge in [-0.3, -0.25) is 9.59 Å². The lowest BCUT2D eigenvalue weighted by atomic mass is 10.1. The molecule has 6 heteroatoms. The lowest BCUT2D eigenvalue weighted by Crippen LogP contribution is -2.36. The zero-order valence-electron chi connectivity index (χ0n) is 12.9. The molecule has 0 aliphatic rings. The Morgan fingerprint density at radius 2 is 1.91 bits per heavy atom. The number of hydrogen-bond donors (Lipinski definition) is 1. The minimum atomic E-state index is -0.331. The van der Waals surface area contributed by atoms with E-state index in [1.807, 2.05) is 12.1 Å². The number of likely N-dealkylation sites (N-methyl/N-ethyl adjacent to an activating group) is 1. The molecule has 1 aromatic heterocycles. The maximum Gasteiger partial charge on any atom is 0.271 e. The molecule has 0 bridgehead atoms. The zero-order valence-corrected chi connectivity index (χ0v) is 13.7. The Kier molecular flexibility index (Phi) is 5.27.